The second kappa shape index (κ2) is 11.6. The molecule has 0 radical (unpaired) electrons. The van der Waals surface area contributed by atoms with Gasteiger partial charge in [-0.15, -0.1) is 21.5 Å². The molecule has 2 heterocycles. The number of thiophene rings is 1. The maximum Gasteiger partial charge on any atom is 0.341 e. The van der Waals surface area contributed by atoms with E-state index in [2.05, 4.69) is 20.8 Å². The summed E-state index contributed by atoms with van der Waals surface area (Å²) in [5, 5.41) is 14.5. The number of carbonyl (C=O) groups is 3. The summed E-state index contributed by atoms with van der Waals surface area (Å²) >= 11 is 4.01. The molecule has 8 nitrogen and oxygen atoms in total. The van der Waals surface area contributed by atoms with Gasteiger partial charge in [-0.1, -0.05) is 42.4 Å². The van der Waals surface area contributed by atoms with E-state index in [0.29, 0.717) is 39.0 Å². The van der Waals surface area contributed by atoms with E-state index in [1.165, 1.54) is 53.7 Å². The summed E-state index contributed by atoms with van der Waals surface area (Å²) in [7, 11) is 0. The quantitative estimate of drug-likeness (QED) is 0.261. The third-order valence-corrected chi connectivity index (χ3v) is 9.37. The molecular weight excluding hydrogens is 492 g/mol. The molecule has 1 atom stereocenters. The van der Waals surface area contributed by atoms with Crippen LogP contribution in [0.15, 0.2) is 4.34 Å². The van der Waals surface area contributed by atoms with Gasteiger partial charge in [0.05, 0.1) is 17.4 Å². The first kappa shape index (κ1) is 25.1. The van der Waals surface area contributed by atoms with Crippen LogP contribution in [-0.4, -0.2) is 39.8 Å². The lowest BCUT2D eigenvalue weighted by atomic mass is 9.87. The lowest BCUT2D eigenvalue weighted by Gasteiger charge is -2.20. The Labute approximate surface area is 211 Å². The molecule has 0 saturated heterocycles. The minimum Gasteiger partial charge on any atom is -0.462 e. The van der Waals surface area contributed by atoms with Gasteiger partial charge in [-0.05, 0) is 57.4 Å². The van der Waals surface area contributed by atoms with Gasteiger partial charge in [-0.3, -0.25) is 9.59 Å². The molecule has 2 aromatic heterocycles. The lowest BCUT2D eigenvalue weighted by molar-refractivity contribution is -0.117. The van der Waals surface area contributed by atoms with Crippen molar-refractivity contribution >= 4 is 62.4 Å². The Morgan fingerprint density at radius 3 is 2.65 bits per heavy atom. The highest BCUT2D eigenvalue weighted by Gasteiger charge is 2.29. The fourth-order valence-corrected chi connectivity index (χ4v) is 7.65. The molecule has 2 N–H and O–H groups in total. The van der Waals surface area contributed by atoms with Crippen molar-refractivity contribution in [3.8, 4) is 0 Å². The maximum absolute atomic E-state index is 12.9. The van der Waals surface area contributed by atoms with Crippen molar-refractivity contribution in [1.29, 1.82) is 0 Å². The number of amides is 2. The van der Waals surface area contributed by atoms with Gasteiger partial charge < -0.3 is 15.4 Å². The highest BCUT2D eigenvalue weighted by atomic mass is 32.2. The number of aryl methyl sites for hydroxylation is 1. The molecule has 2 amide bonds. The molecule has 0 spiro atoms. The third kappa shape index (κ3) is 6.17. The molecule has 1 fully saturated rings. The Kier molecular flexibility index (Phi) is 8.60. The number of thioether (sulfide) groups is 1. The molecule has 34 heavy (non-hydrogen) atoms. The van der Waals surface area contributed by atoms with Crippen LogP contribution in [0.2, 0.25) is 0 Å². The zero-order valence-corrected chi connectivity index (χ0v) is 21.9. The number of nitrogens with one attached hydrogen (secondary N) is 2. The number of hydrogen-bond acceptors (Lipinski definition) is 9. The van der Waals surface area contributed by atoms with Crippen molar-refractivity contribution in [2.24, 2.45) is 5.92 Å². The van der Waals surface area contributed by atoms with Gasteiger partial charge in [-0.2, -0.15) is 0 Å². The van der Waals surface area contributed by atoms with E-state index in [1.807, 2.05) is 0 Å². The van der Waals surface area contributed by atoms with E-state index < -0.39 is 5.25 Å². The molecule has 11 heteroatoms. The molecule has 1 unspecified atom stereocenters. The largest absolute Gasteiger partial charge is 0.462 e. The highest BCUT2D eigenvalue weighted by molar-refractivity contribution is 8.02. The molecular formula is C23H30N4O4S3. The minimum absolute atomic E-state index is 0.0253. The second-order valence-corrected chi connectivity index (χ2v) is 12.3. The van der Waals surface area contributed by atoms with Crippen molar-refractivity contribution < 1.29 is 19.1 Å². The number of anilines is 2. The Morgan fingerprint density at radius 1 is 1.09 bits per heavy atom. The Morgan fingerprint density at radius 2 is 1.88 bits per heavy atom. The van der Waals surface area contributed by atoms with Crippen molar-refractivity contribution in [3.05, 3.63) is 16.0 Å². The van der Waals surface area contributed by atoms with E-state index in [9.17, 15) is 14.4 Å². The number of hydrogen-bond donors (Lipinski definition) is 2. The monoisotopic (exact) mass is 522 g/mol. The number of nitrogens with zero attached hydrogens (tertiary/aromatic N) is 2. The molecule has 2 aliphatic rings. The predicted molar refractivity (Wildman–Crippen MR) is 136 cm³/mol. The van der Waals surface area contributed by atoms with Gasteiger partial charge in [0.2, 0.25) is 16.9 Å². The van der Waals surface area contributed by atoms with Gasteiger partial charge in [0.25, 0.3) is 0 Å². The predicted octanol–water partition coefficient (Wildman–Crippen LogP) is 5.29. The van der Waals surface area contributed by atoms with Crippen LogP contribution in [0.5, 0.6) is 0 Å². The van der Waals surface area contributed by atoms with Crippen molar-refractivity contribution in [2.45, 2.75) is 81.2 Å². The molecule has 0 bridgehead atoms. The van der Waals surface area contributed by atoms with Gasteiger partial charge in [0.1, 0.15) is 5.00 Å². The standard InChI is InChI=1S/C23H30N4O4S3/c1-3-31-21(30)18-15-10-7-11-16(15)33-20(18)25-19(29)13(2)32-23-27-26-22(34-23)24-17(28)12-14-8-5-4-6-9-14/h13-14H,3-12H2,1-2H3,(H,25,29)(H,24,26,28). The van der Waals surface area contributed by atoms with E-state index in [0.717, 1.165) is 42.5 Å². The van der Waals surface area contributed by atoms with Crippen LogP contribution in [-0.2, 0) is 27.2 Å². The number of rotatable bonds is 9. The number of esters is 1. The van der Waals surface area contributed by atoms with Gasteiger partial charge in [0, 0.05) is 11.3 Å². The van der Waals surface area contributed by atoms with Crippen LogP contribution in [0.4, 0.5) is 10.1 Å². The fraction of sp³-hybridized carbons (Fsp3) is 0.609. The zero-order chi connectivity index (χ0) is 24.1. The minimum atomic E-state index is -0.453. The summed E-state index contributed by atoms with van der Waals surface area (Å²) < 4.78 is 5.84. The smallest absolute Gasteiger partial charge is 0.341 e. The first-order valence-electron chi connectivity index (χ1n) is 11.9. The summed E-state index contributed by atoms with van der Waals surface area (Å²) in [6.07, 6.45) is 9.19. The first-order valence-corrected chi connectivity index (χ1v) is 14.4. The zero-order valence-electron chi connectivity index (χ0n) is 19.5. The summed E-state index contributed by atoms with van der Waals surface area (Å²) in [5.74, 6) is -0.163. The summed E-state index contributed by atoms with van der Waals surface area (Å²) in [6.45, 7) is 3.85. The second-order valence-electron chi connectivity index (χ2n) is 8.66. The molecule has 0 aromatic carbocycles. The number of fused-ring (bicyclic) bond motifs is 1. The average Bonchev–Trinajstić information content (AvgIpc) is 3.51. The van der Waals surface area contributed by atoms with Crippen molar-refractivity contribution in [3.63, 3.8) is 0 Å². The molecule has 0 aliphatic heterocycles. The average molecular weight is 523 g/mol. The van der Waals surface area contributed by atoms with E-state index in [4.69, 9.17) is 4.74 Å². The van der Waals surface area contributed by atoms with E-state index in [1.54, 1.807) is 13.8 Å². The first-order chi connectivity index (χ1) is 16.4. The fourth-order valence-electron chi connectivity index (χ4n) is 4.46. The number of aromatic nitrogens is 2. The molecule has 2 aromatic rings. The van der Waals surface area contributed by atoms with Crippen LogP contribution >= 0.6 is 34.4 Å². The molecule has 1 saturated carbocycles. The van der Waals surface area contributed by atoms with Crippen molar-refractivity contribution in [1.82, 2.24) is 10.2 Å². The molecule has 184 valence electrons. The topological polar surface area (TPSA) is 110 Å². The van der Waals surface area contributed by atoms with E-state index in [-0.39, 0.29) is 17.8 Å². The van der Waals surface area contributed by atoms with Crippen molar-refractivity contribution in [2.75, 3.05) is 17.2 Å². The van der Waals surface area contributed by atoms with Crippen LogP contribution in [0.25, 0.3) is 0 Å². The Bertz CT molecular complexity index is 1050. The van der Waals surface area contributed by atoms with Gasteiger partial charge in [-0.25, -0.2) is 4.79 Å². The normalized spacial score (nSPS) is 16.6. The maximum atomic E-state index is 12.9. The van der Waals surface area contributed by atoms with Gasteiger partial charge >= 0.3 is 5.97 Å². The van der Waals surface area contributed by atoms with Crippen LogP contribution in [0, 0.1) is 5.92 Å². The lowest BCUT2D eigenvalue weighted by Crippen LogP contribution is -2.23. The molecule has 4 rings (SSSR count). The van der Waals surface area contributed by atoms with Gasteiger partial charge in [0.15, 0.2) is 4.34 Å². The Balaban J connectivity index is 1.33. The van der Waals surface area contributed by atoms with Crippen LogP contribution in [0.1, 0.15) is 79.6 Å². The third-order valence-electron chi connectivity index (χ3n) is 6.14. The van der Waals surface area contributed by atoms with Crippen LogP contribution < -0.4 is 10.6 Å². The van der Waals surface area contributed by atoms with E-state index >= 15 is 0 Å². The Hall–Kier alpha value is -1.98. The van der Waals surface area contributed by atoms with Crippen LogP contribution in [0.3, 0.4) is 0 Å². The number of carbonyl (C=O) groups excluding carboxylic acids is 3. The highest BCUT2D eigenvalue weighted by Crippen LogP contribution is 2.40. The summed E-state index contributed by atoms with van der Waals surface area (Å²) in [4.78, 5) is 38.9. The SMILES string of the molecule is CCOC(=O)c1c(NC(=O)C(C)Sc2nnc(NC(=O)CC3CCCCC3)s2)sc2c1CCC2. The summed E-state index contributed by atoms with van der Waals surface area (Å²) in [5.41, 5.74) is 1.51. The molecule has 2 aliphatic carbocycles. The number of ether oxygens (including phenoxy) is 1. The summed E-state index contributed by atoms with van der Waals surface area (Å²) in [6, 6.07) is 0.